The van der Waals surface area contributed by atoms with Crippen LogP contribution in [0.1, 0.15) is 26.2 Å². The maximum atomic E-state index is 13.4. The van der Waals surface area contributed by atoms with E-state index in [4.69, 9.17) is 5.73 Å². The number of nitro groups is 1. The maximum Gasteiger partial charge on any atom is 0.271 e. The number of amides is 1. The highest BCUT2D eigenvalue weighted by Crippen LogP contribution is 2.21. The van der Waals surface area contributed by atoms with Gasteiger partial charge in [0.2, 0.25) is 5.91 Å². The number of nitro benzene ring substituents is 1. The highest BCUT2D eigenvalue weighted by Gasteiger charge is 2.14. The molecule has 6 nitrogen and oxygen atoms in total. The Bertz CT molecular complexity index is 479. The number of rotatable bonds is 6. The summed E-state index contributed by atoms with van der Waals surface area (Å²) >= 11 is 0. The first-order chi connectivity index (χ1) is 8.93. The molecular weight excluding hydrogens is 253 g/mol. The minimum Gasteiger partial charge on any atom is -0.327 e. The van der Waals surface area contributed by atoms with Crippen LogP contribution in [0.3, 0.4) is 0 Å². The second-order valence-corrected chi connectivity index (χ2v) is 4.22. The van der Waals surface area contributed by atoms with Crippen molar-refractivity contribution in [1.82, 2.24) is 0 Å². The van der Waals surface area contributed by atoms with Crippen LogP contribution >= 0.6 is 0 Å². The van der Waals surface area contributed by atoms with Crippen molar-refractivity contribution in [3.8, 4) is 0 Å². The van der Waals surface area contributed by atoms with Crippen LogP contribution in [0.2, 0.25) is 0 Å². The summed E-state index contributed by atoms with van der Waals surface area (Å²) in [6, 6.07) is 2.67. The number of benzene rings is 1. The van der Waals surface area contributed by atoms with Crippen molar-refractivity contribution in [3.05, 3.63) is 34.1 Å². The molecule has 0 aliphatic heterocycles. The van der Waals surface area contributed by atoms with Gasteiger partial charge >= 0.3 is 0 Å². The van der Waals surface area contributed by atoms with E-state index < -0.39 is 16.6 Å². The third-order valence-corrected chi connectivity index (χ3v) is 2.54. The first kappa shape index (κ1) is 15.0. The lowest BCUT2D eigenvalue weighted by Crippen LogP contribution is -2.27. The molecule has 104 valence electrons. The Balaban J connectivity index is 2.73. The summed E-state index contributed by atoms with van der Waals surface area (Å²) < 4.78 is 13.4. The molecule has 1 rings (SSSR count). The monoisotopic (exact) mass is 269 g/mol. The number of carbonyl (C=O) groups excluding carboxylic acids is 1. The lowest BCUT2D eigenvalue weighted by Gasteiger charge is -2.10. The number of nitrogens with one attached hydrogen (secondary N) is 1. The summed E-state index contributed by atoms with van der Waals surface area (Å²) in [4.78, 5) is 21.5. The summed E-state index contributed by atoms with van der Waals surface area (Å²) in [6.45, 7) is 1.94. The zero-order valence-corrected chi connectivity index (χ0v) is 10.6. The molecule has 1 unspecified atom stereocenters. The largest absolute Gasteiger partial charge is 0.327 e. The Morgan fingerprint density at radius 3 is 2.84 bits per heavy atom. The van der Waals surface area contributed by atoms with Gasteiger partial charge in [-0.1, -0.05) is 13.3 Å². The van der Waals surface area contributed by atoms with Crippen LogP contribution in [0.15, 0.2) is 18.2 Å². The van der Waals surface area contributed by atoms with Gasteiger partial charge in [-0.2, -0.15) is 0 Å². The summed E-state index contributed by atoms with van der Waals surface area (Å²) in [7, 11) is 0. The van der Waals surface area contributed by atoms with Gasteiger partial charge in [0.25, 0.3) is 5.69 Å². The van der Waals surface area contributed by atoms with Crippen LogP contribution in [0.5, 0.6) is 0 Å². The van der Waals surface area contributed by atoms with E-state index in [1.165, 1.54) is 0 Å². The van der Waals surface area contributed by atoms with Gasteiger partial charge in [0.15, 0.2) is 0 Å². The minimum absolute atomic E-state index is 0.0516. The molecule has 19 heavy (non-hydrogen) atoms. The van der Waals surface area contributed by atoms with Crippen LogP contribution < -0.4 is 11.1 Å². The van der Waals surface area contributed by atoms with Gasteiger partial charge in [0.1, 0.15) is 5.82 Å². The van der Waals surface area contributed by atoms with Crippen LogP contribution in [0.4, 0.5) is 15.8 Å². The molecular formula is C12H16FN3O3. The number of non-ortho nitro benzene ring substituents is 1. The predicted octanol–water partition coefficient (Wildman–Crippen LogP) is 2.19. The molecule has 1 amide bonds. The highest BCUT2D eigenvalue weighted by atomic mass is 19.1. The van der Waals surface area contributed by atoms with Crippen LogP contribution in [-0.2, 0) is 4.79 Å². The fraction of sp³-hybridized carbons (Fsp3) is 0.417. The fourth-order valence-corrected chi connectivity index (χ4v) is 1.63. The van der Waals surface area contributed by atoms with Crippen LogP contribution in [0, 0.1) is 15.9 Å². The van der Waals surface area contributed by atoms with E-state index in [0.717, 1.165) is 24.6 Å². The van der Waals surface area contributed by atoms with E-state index >= 15 is 0 Å². The molecule has 0 bridgehead atoms. The smallest absolute Gasteiger partial charge is 0.271 e. The van der Waals surface area contributed by atoms with Gasteiger partial charge in [-0.05, 0) is 12.5 Å². The van der Waals surface area contributed by atoms with E-state index in [1.54, 1.807) is 0 Å². The zero-order valence-electron chi connectivity index (χ0n) is 10.6. The Morgan fingerprint density at radius 2 is 2.26 bits per heavy atom. The van der Waals surface area contributed by atoms with Crippen molar-refractivity contribution in [3.63, 3.8) is 0 Å². The van der Waals surface area contributed by atoms with Gasteiger partial charge in [-0.15, -0.1) is 0 Å². The number of nitrogens with two attached hydrogens (primary N) is 1. The molecule has 3 N–H and O–H groups in total. The summed E-state index contributed by atoms with van der Waals surface area (Å²) in [6.07, 6.45) is 1.58. The molecule has 0 radical (unpaired) electrons. The average molecular weight is 269 g/mol. The Kier molecular flexibility index (Phi) is 5.37. The maximum absolute atomic E-state index is 13.4. The summed E-state index contributed by atoms with van der Waals surface area (Å²) in [5, 5.41) is 12.9. The Morgan fingerprint density at radius 1 is 1.58 bits per heavy atom. The van der Waals surface area contributed by atoms with Crippen LogP contribution in [-0.4, -0.2) is 16.9 Å². The Labute approximate surface area is 109 Å². The van der Waals surface area contributed by atoms with Crippen molar-refractivity contribution in [2.45, 2.75) is 32.2 Å². The van der Waals surface area contributed by atoms with Crippen molar-refractivity contribution in [2.24, 2.45) is 5.73 Å². The minimum atomic E-state index is -0.719. The molecule has 7 heteroatoms. The lowest BCUT2D eigenvalue weighted by atomic mass is 10.1. The van der Waals surface area contributed by atoms with Gasteiger partial charge in [0.05, 0.1) is 10.6 Å². The predicted molar refractivity (Wildman–Crippen MR) is 69.2 cm³/mol. The third kappa shape index (κ3) is 4.63. The van der Waals surface area contributed by atoms with Crippen molar-refractivity contribution >= 4 is 17.3 Å². The standard InChI is InChI=1S/C12H16FN3O3/c1-2-3-8(14)6-12(17)15-11-7-9(16(18)19)4-5-10(11)13/h4-5,7-8H,2-3,6,14H2,1H3,(H,15,17). The molecule has 0 aliphatic carbocycles. The normalized spacial score (nSPS) is 11.9. The summed E-state index contributed by atoms with van der Waals surface area (Å²) in [5.74, 6) is -1.18. The van der Waals surface area contributed by atoms with Gasteiger partial charge in [-0.3, -0.25) is 14.9 Å². The number of halogens is 1. The van der Waals surface area contributed by atoms with E-state index in [0.29, 0.717) is 6.42 Å². The SMILES string of the molecule is CCCC(N)CC(=O)Nc1cc([N+](=O)[O-])ccc1F. The first-order valence-corrected chi connectivity index (χ1v) is 5.93. The number of nitrogens with zero attached hydrogens (tertiary/aromatic N) is 1. The molecule has 0 spiro atoms. The number of anilines is 1. The number of hydrogen-bond acceptors (Lipinski definition) is 4. The second kappa shape index (κ2) is 6.79. The molecule has 0 saturated carbocycles. The van der Waals surface area contributed by atoms with Crippen molar-refractivity contribution in [1.29, 1.82) is 0 Å². The van der Waals surface area contributed by atoms with Gasteiger partial charge in [-0.25, -0.2) is 4.39 Å². The molecule has 0 aromatic heterocycles. The molecule has 1 aromatic carbocycles. The molecule has 0 saturated heterocycles. The third-order valence-electron chi connectivity index (χ3n) is 2.54. The molecule has 0 heterocycles. The van der Waals surface area contributed by atoms with Crippen LogP contribution in [0.25, 0.3) is 0 Å². The van der Waals surface area contributed by atoms with E-state index in [9.17, 15) is 19.3 Å². The van der Waals surface area contributed by atoms with E-state index in [-0.39, 0.29) is 23.8 Å². The molecule has 0 aliphatic rings. The number of hydrogen-bond donors (Lipinski definition) is 2. The highest BCUT2D eigenvalue weighted by molar-refractivity contribution is 5.91. The van der Waals surface area contributed by atoms with Crippen molar-refractivity contribution in [2.75, 3.05) is 5.32 Å². The van der Waals surface area contributed by atoms with E-state index in [2.05, 4.69) is 5.32 Å². The van der Waals surface area contributed by atoms with Gasteiger partial charge in [0, 0.05) is 24.6 Å². The van der Waals surface area contributed by atoms with Crippen molar-refractivity contribution < 1.29 is 14.1 Å². The quantitative estimate of drug-likeness (QED) is 0.610. The number of carbonyl (C=O) groups is 1. The van der Waals surface area contributed by atoms with E-state index in [1.807, 2.05) is 6.92 Å². The first-order valence-electron chi connectivity index (χ1n) is 5.93. The zero-order chi connectivity index (χ0) is 14.4. The average Bonchev–Trinajstić information content (AvgIpc) is 2.31. The molecule has 1 aromatic rings. The fourth-order valence-electron chi connectivity index (χ4n) is 1.63. The Hall–Kier alpha value is -2.02. The summed E-state index contributed by atoms with van der Waals surface area (Å²) in [5.41, 5.74) is 5.20. The molecule has 0 fully saturated rings. The second-order valence-electron chi connectivity index (χ2n) is 4.22. The van der Waals surface area contributed by atoms with Gasteiger partial charge < -0.3 is 11.1 Å². The topological polar surface area (TPSA) is 98.3 Å². The lowest BCUT2D eigenvalue weighted by molar-refractivity contribution is -0.384. The molecule has 1 atom stereocenters.